The number of rotatable bonds is 1. The molecule has 1 nitrogen and oxygen atoms in total. The Labute approximate surface area is 73.9 Å². The van der Waals surface area contributed by atoms with Gasteiger partial charge in [0, 0.05) is 0 Å². The minimum Gasteiger partial charge on any atom is -0.419 e. The maximum atomic E-state index is 8.93. The van der Waals surface area contributed by atoms with Crippen LogP contribution >= 0.6 is 0 Å². The summed E-state index contributed by atoms with van der Waals surface area (Å²) in [5.74, 6) is 0. The number of carbonyl (C=O) groups excluding carboxylic acids is 1. The molecule has 0 bridgehead atoms. The molecule has 0 radical (unpaired) electrons. The van der Waals surface area contributed by atoms with E-state index >= 15 is 0 Å². The first-order chi connectivity index (χ1) is 1.91. The molecular formula is C3H3KO. The van der Waals surface area contributed by atoms with Crippen LogP contribution in [-0.4, -0.2) is 6.29 Å². The molecule has 0 aliphatic heterocycles. The van der Waals surface area contributed by atoms with Gasteiger partial charge in [0.1, 0.15) is 0 Å². The second kappa shape index (κ2) is 8.90. The van der Waals surface area contributed by atoms with E-state index in [1.807, 2.05) is 0 Å². The predicted octanol–water partition coefficient (Wildman–Crippen LogP) is -2.71. The Bertz CT molecular complexity index is 27.9. The van der Waals surface area contributed by atoms with Crippen LogP contribution in [-0.2, 0) is 4.79 Å². The molecule has 22 valence electrons. The van der Waals surface area contributed by atoms with Crippen molar-refractivity contribution in [2.24, 2.45) is 0 Å². The normalized spacial score (nSPS) is 4.00. The summed E-state index contributed by atoms with van der Waals surface area (Å²) in [7, 11) is 0. The van der Waals surface area contributed by atoms with Crippen LogP contribution in [0.3, 0.4) is 0 Å². The molecule has 5 heavy (non-hydrogen) atoms. The molecule has 0 spiro atoms. The summed E-state index contributed by atoms with van der Waals surface area (Å²) in [5.41, 5.74) is 0. The number of allylic oxidation sites excluding steroid dienone is 1. The van der Waals surface area contributed by atoms with Crippen LogP contribution in [0.2, 0.25) is 0 Å². The largest absolute Gasteiger partial charge is 1.00 e. The van der Waals surface area contributed by atoms with E-state index in [1.165, 1.54) is 6.29 Å². The van der Waals surface area contributed by atoms with Crippen molar-refractivity contribution in [2.75, 3.05) is 0 Å². The quantitative estimate of drug-likeness (QED) is 0.196. The molecule has 0 heterocycles. The Hall–Kier alpha value is 1.05. The van der Waals surface area contributed by atoms with Crippen LogP contribution in [0.15, 0.2) is 12.7 Å². The van der Waals surface area contributed by atoms with E-state index in [2.05, 4.69) is 6.58 Å². The fourth-order valence-corrected chi connectivity index (χ4v) is 0. The van der Waals surface area contributed by atoms with E-state index < -0.39 is 0 Å². The molecule has 0 atom stereocenters. The maximum Gasteiger partial charge on any atom is 1.00 e. The van der Waals surface area contributed by atoms with E-state index in [9.17, 15) is 0 Å². The summed E-state index contributed by atoms with van der Waals surface area (Å²) in [6.45, 7) is 3.06. The van der Waals surface area contributed by atoms with Gasteiger partial charge in [0.2, 0.25) is 0 Å². The molecule has 0 fully saturated rings. The molecular weight excluding hydrogens is 91.1 g/mol. The molecule has 0 saturated heterocycles. The Morgan fingerprint density at radius 2 is 2.00 bits per heavy atom. The van der Waals surface area contributed by atoms with Gasteiger partial charge in [-0.25, -0.2) is 12.7 Å². The predicted molar refractivity (Wildman–Crippen MR) is 15.9 cm³/mol. The van der Waals surface area contributed by atoms with E-state index in [4.69, 9.17) is 4.79 Å². The van der Waals surface area contributed by atoms with Gasteiger partial charge < -0.3 is 4.79 Å². The third-order valence-corrected chi connectivity index (χ3v) is 0.0833. The van der Waals surface area contributed by atoms with Crippen molar-refractivity contribution in [2.45, 2.75) is 0 Å². The van der Waals surface area contributed by atoms with Gasteiger partial charge in [0.15, 0.2) is 0 Å². The van der Waals surface area contributed by atoms with Crippen LogP contribution in [0.4, 0.5) is 0 Å². The van der Waals surface area contributed by atoms with Crippen LogP contribution in [0.5, 0.6) is 0 Å². The Morgan fingerprint density at radius 1 is 1.80 bits per heavy atom. The van der Waals surface area contributed by atoms with Crippen molar-refractivity contribution < 1.29 is 56.2 Å². The SMILES string of the molecule is C=C[C-]=O.[K+]. The van der Waals surface area contributed by atoms with Gasteiger partial charge in [-0.3, -0.25) is 0 Å². The van der Waals surface area contributed by atoms with Crippen LogP contribution < -0.4 is 51.4 Å². The smallest absolute Gasteiger partial charge is 0.419 e. The van der Waals surface area contributed by atoms with E-state index in [0.29, 0.717) is 0 Å². The number of hydrogen-bond donors (Lipinski definition) is 0. The number of hydrogen-bond acceptors (Lipinski definition) is 1. The van der Waals surface area contributed by atoms with Crippen molar-refractivity contribution in [1.82, 2.24) is 0 Å². The summed E-state index contributed by atoms with van der Waals surface area (Å²) < 4.78 is 0. The molecule has 0 amide bonds. The van der Waals surface area contributed by atoms with Gasteiger partial charge in [-0.1, -0.05) is 0 Å². The Balaban J connectivity index is 0. The average Bonchev–Trinajstić information content (AvgIpc) is 1.37. The second-order valence-corrected chi connectivity index (χ2v) is 0.322. The maximum absolute atomic E-state index is 8.93. The molecule has 0 aromatic rings. The van der Waals surface area contributed by atoms with Crippen LogP contribution in [0.1, 0.15) is 0 Å². The minimum atomic E-state index is 0. The zero-order valence-electron chi connectivity index (χ0n) is 3.19. The standard InChI is InChI=1S/C3H3O.K/c1-2-3-4;/h2H,1H2;/q-1;+1. The summed E-state index contributed by atoms with van der Waals surface area (Å²) in [5, 5.41) is 0. The fraction of sp³-hybridized carbons (Fsp3) is 0. The summed E-state index contributed by atoms with van der Waals surface area (Å²) in [4.78, 5) is 8.93. The van der Waals surface area contributed by atoms with Gasteiger partial charge in [-0.15, -0.1) is 0 Å². The van der Waals surface area contributed by atoms with Crippen LogP contribution in [0, 0.1) is 0 Å². The van der Waals surface area contributed by atoms with E-state index in [-0.39, 0.29) is 51.4 Å². The molecule has 0 aromatic carbocycles. The minimum absolute atomic E-state index is 0. The molecule has 0 N–H and O–H groups in total. The fourth-order valence-electron chi connectivity index (χ4n) is 0. The molecule has 0 unspecified atom stereocenters. The first-order valence-corrected chi connectivity index (χ1v) is 0.901. The van der Waals surface area contributed by atoms with E-state index in [1.54, 1.807) is 0 Å². The summed E-state index contributed by atoms with van der Waals surface area (Å²) in [6, 6.07) is 0. The van der Waals surface area contributed by atoms with Crippen LogP contribution in [0.25, 0.3) is 0 Å². The molecule has 2 heteroatoms. The summed E-state index contributed by atoms with van der Waals surface area (Å²) >= 11 is 0. The van der Waals surface area contributed by atoms with E-state index in [0.717, 1.165) is 6.08 Å². The molecule has 0 rings (SSSR count). The second-order valence-electron chi connectivity index (χ2n) is 0.322. The zero-order valence-corrected chi connectivity index (χ0v) is 6.32. The van der Waals surface area contributed by atoms with Crippen molar-refractivity contribution >= 4 is 6.29 Å². The first kappa shape index (κ1) is 9.40. The third kappa shape index (κ3) is 11.2. The van der Waals surface area contributed by atoms with Gasteiger partial charge >= 0.3 is 51.4 Å². The molecule has 0 aliphatic rings. The Morgan fingerprint density at radius 3 is 2.00 bits per heavy atom. The Kier molecular flexibility index (Phi) is 16.7. The van der Waals surface area contributed by atoms with Gasteiger partial charge in [0.25, 0.3) is 0 Å². The van der Waals surface area contributed by atoms with Gasteiger partial charge in [-0.2, -0.15) is 0 Å². The molecule has 0 saturated carbocycles. The van der Waals surface area contributed by atoms with Crippen molar-refractivity contribution in [3.05, 3.63) is 12.7 Å². The van der Waals surface area contributed by atoms with Crippen molar-refractivity contribution in [3.63, 3.8) is 0 Å². The molecule has 0 aromatic heterocycles. The first-order valence-electron chi connectivity index (χ1n) is 0.901. The van der Waals surface area contributed by atoms with Crippen molar-refractivity contribution in [3.8, 4) is 0 Å². The topological polar surface area (TPSA) is 17.1 Å². The summed E-state index contributed by atoms with van der Waals surface area (Å²) in [6.07, 6.45) is 2.51. The van der Waals surface area contributed by atoms with Gasteiger partial charge in [-0.05, 0) is 6.29 Å². The van der Waals surface area contributed by atoms with Crippen molar-refractivity contribution in [1.29, 1.82) is 0 Å². The molecule has 0 aliphatic carbocycles. The average molecular weight is 94.2 g/mol. The monoisotopic (exact) mass is 94.0 g/mol. The van der Waals surface area contributed by atoms with Gasteiger partial charge in [0.05, 0.1) is 0 Å². The zero-order chi connectivity index (χ0) is 3.41. The third-order valence-electron chi connectivity index (χ3n) is 0.0833.